The summed E-state index contributed by atoms with van der Waals surface area (Å²) in [4.78, 5) is 17.9. The van der Waals surface area contributed by atoms with Crippen LogP contribution in [-0.4, -0.2) is 15.0 Å². The van der Waals surface area contributed by atoms with Crippen LogP contribution in [0.25, 0.3) is 88.7 Å². The lowest BCUT2D eigenvalue weighted by Gasteiger charge is -2.26. The van der Waals surface area contributed by atoms with Gasteiger partial charge in [-0.3, -0.25) is 0 Å². The van der Waals surface area contributed by atoms with Gasteiger partial charge < -0.3 is 4.90 Å². The average Bonchev–Trinajstić information content (AvgIpc) is 3.35. The molecular weight excluding hydrogens is 741 g/mol. The van der Waals surface area contributed by atoms with Crippen molar-refractivity contribution in [3.05, 3.63) is 231 Å². The van der Waals surface area contributed by atoms with E-state index in [0.717, 1.165) is 83.5 Å². The van der Waals surface area contributed by atoms with Crippen molar-refractivity contribution < 1.29 is 0 Å². The summed E-state index contributed by atoms with van der Waals surface area (Å²) >= 11 is 0. The van der Waals surface area contributed by atoms with E-state index in [4.69, 9.17) is 15.0 Å². The lowest BCUT2D eigenvalue weighted by molar-refractivity contribution is 1.18. The van der Waals surface area contributed by atoms with Crippen molar-refractivity contribution in [1.82, 2.24) is 15.0 Å². The number of hydrogen-bond acceptors (Lipinski definition) is 4. The molecule has 0 unspecified atom stereocenters. The van der Waals surface area contributed by atoms with Crippen molar-refractivity contribution in [2.24, 2.45) is 0 Å². The summed E-state index contributed by atoms with van der Waals surface area (Å²) in [5.74, 6) is 0.699. The third kappa shape index (κ3) is 6.86. The lowest BCUT2D eigenvalue weighted by atomic mass is 9.93. The van der Waals surface area contributed by atoms with Crippen LogP contribution < -0.4 is 4.90 Å². The summed E-state index contributed by atoms with van der Waals surface area (Å²) in [6.07, 6.45) is 0. The maximum Gasteiger partial charge on any atom is 0.160 e. The molecule has 0 aliphatic heterocycles. The highest BCUT2D eigenvalue weighted by Gasteiger charge is 2.18. The van der Waals surface area contributed by atoms with Crippen LogP contribution in [0.5, 0.6) is 0 Å². The molecule has 9 aromatic carbocycles. The zero-order valence-electron chi connectivity index (χ0n) is 33.2. The topological polar surface area (TPSA) is 41.9 Å². The second kappa shape index (κ2) is 15.5. The highest BCUT2D eigenvalue weighted by molar-refractivity contribution is 6.22. The van der Waals surface area contributed by atoms with Gasteiger partial charge in [-0.25, -0.2) is 15.0 Å². The van der Waals surface area contributed by atoms with Crippen LogP contribution in [0.4, 0.5) is 17.1 Å². The van der Waals surface area contributed by atoms with Gasteiger partial charge in [-0.2, -0.15) is 0 Å². The Morgan fingerprint density at radius 3 is 1.46 bits per heavy atom. The standard InChI is InChI=1S/C57H38N4/c1-5-15-39(16-6-1)40-27-32-47(33-28-40)61(46-21-11-4-12-22-46)48-34-29-43(30-35-48)56-50-36-31-41-25-26-45(37-51(41)55(50)49-23-13-14-24-52(49)58-56)54-38-53(42-17-7-2-8-18-42)59-57(60-54)44-19-9-3-10-20-44/h1-38H. The number of rotatable bonds is 8. The molecule has 0 N–H and O–H groups in total. The minimum absolute atomic E-state index is 0.699. The van der Waals surface area contributed by atoms with Crippen LogP contribution in [0.3, 0.4) is 0 Å². The van der Waals surface area contributed by atoms with Crippen LogP contribution in [0.1, 0.15) is 0 Å². The van der Waals surface area contributed by atoms with Crippen molar-refractivity contribution in [2.75, 3.05) is 4.90 Å². The number of para-hydroxylation sites is 2. The summed E-state index contributed by atoms with van der Waals surface area (Å²) in [6, 6.07) is 81.0. The molecule has 0 radical (unpaired) electrons. The van der Waals surface area contributed by atoms with Gasteiger partial charge in [0.05, 0.1) is 22.6 Å². The normalized spacial score (nSPS) is 11.3. The van der Waals surface area contributed by atoms with Crippen LogP contribution in [0, 0.1) is 0 Å². The van der Waals surface area contributed by atoms with Gasteiger partial charge in [-0.1, -0.05) is 176 Å². The van der Waals surface area contributed by atoms with Gasteiger partial charge in [-0.05, 0) is 76.5 Å². The Labute approximate surface area is 354 Å². The molecule has 286 valence electrons. The molecule has 0 aliphatic carbocycles. The van der Waals surface area contributed by atoms with E-state index in [1.54, 1.807) is 0 Å². The van der Waals surface area contributed by atoms with Crippen LogP contribution >= 0.6 is 0 Å². The minimum Gasteiger partial charge on any atom is -0.311 e. The fourth-order valence-corrected chi connectivity index (χ4v) is 8.44. The third-order valence-corrected chi connectivity index (χ3v) is 11.5. The number of nitrogens with zero attached hydrogens (tertiary/aromatic N) is 4. The Bertz CT molecular complexity index is 3260. The predicted octanol–water partition coefficient (Wildman–Crippen LogP) is 15.1. The molecule has 0 spiro atoms. The quantitative estimate of drug-likeness (QED) is 0.144. The largest absolute Gasteiger partial charge is 0.311 e. The molecule has 0 amide bonds. The highest BCUT2D eigenvalue weighted by Crippen LogP contribution is 2.41. The maximum absolute atomic E-state index is 5.35. The van der Waals surface area contributed by atoms with Gasteiger partial charge >= 0.3 is 0 Å². The van der Waals surface area contributed by atoms with Crippen LogP contribution in [-0.2, 0) is 0 Å². The fourth-order valence-electron chi connectivity index (χ4n) is 8.44. The Hall–Kier alpha value is -8.21. The summed E-state index contributed by atoms with van der Waals surface area (Å²) in [7, 11) is 0. The molecule has 0 aliphatic rings. The number of pyridine rings is 1. The summed E-state index contributed by atoms with van der Waals surface area (Å²) in [6.45, 7) is 0. The zero-order valence-corrected chi connectivity index (χ0v) is 33.2. The predicted molar refractivity (Wildman–Crippen MR) is 254 cm³/mol. The third-order valence-electron chi connectivity index (χ3n) is 11.5. The van der Waals surface area contributed by atoms with Gasteiger partial charge in [0.2, 0.25) is 0 Å². The van der Waals surface area contributed by atoms with E-state index < -0.39 is 0 Å². The molecule has 4 heteroatoms. The van der Waals surface area contributed by atoms with Crippen molar-refractivity contribution in [3.63, 3.8) is 0 Å². The number of benzene rings is 9. The Morgan fingerprint density at radius 1 is 0.295 bits per heavy atom. The monoisotopic (exact) mass is 778 g/mol. The van der Waals surface area contributed by atoms with Crippen molar-refractivity contribution in [3.8, 4) is 56.3 Å². The molecule has 0 atom stereocenters. The smallest absolute Gasteiger partial charge is 0.160 e. The highest BCUT2D eigenvalue weighted by atomic mass is 15.1. The number of hydrogen-bond donors (Lipinski definition) is 0. The second-order valence-electron chi connectivity index (χ2n) is 15.2. The number of aromatic nitrogens is 3. The van der Waals surface area contributed by atoms with Crippen molar-refractivity contribution in [1.29, 1.82) is 0 Å². The summed E-state index contributed by atoms with van der Waals surface area (Å²) in [5, 5.41) is 5.71. The molecule has 0 saturated carbocycles. The van der Waals surface area contributed by atoms with E-state index in [1.165, 1.54) is 16.5 Å². The van der Waals surface area contributed by atoms with Crippen molar-refractivity contribution >= 4 is 49.5 Å². The zero-order chi connectivity index (χ0) is 40.5. The Kier molecular flexibility index (Phi) is 9.14. The molecule has 11 aromatic rings. The number of fused-ring (bicyclic) bond motifs is 5. The molecule has 0 saturated heterocycles. The number of anilines is 3. The molecule has 11 rings (SSSR count). The molecule has 2 aromatic heterocycles. The summed E-state index contributed by atoms with van der Waals surface area (Å²) in [5.41, 5.74) is 13.4. The van der Waals surface area contributed by atoms with Gasteiger partial charge in [0.15, 0.2) is 5.82 Å². The first-order valence-corrected chi connectivity index (χ1v) is 20.6. The first-order valence-electron chi connectivity index (χ1n) is 20.6. The average molecular weight is 779 g/mol. The van der Waals surface area contributed by atoms with Crippen LogP contribution in [0.2, 0.25) is 0 Å². The van der Waals surface area contributed by atoms with Gasteiger partial charge in [0.25, 0.3) is 0 Å². The lowest BCUT2D eigenvalue weighted by Crippen LogP contribution is -2.09. The Balaban J connectivity index is 1.04. The Morgan fingerprint density at radius 2 is 0.787 bits per heavy atom. The van der Waals surface area contributed by atoms with E-state index in [1.807, 2.05) is 24.3 Å². The van der Waals surface area contributed by atoms with E-state index in [0.29, 0.717) is 5.82 Å². The van der Waals surface area contributed by atoms with Crippen molar-refractivity contribution in [2.45, 2.75) is 0 Å². The van der Waals surface area contributed by atoms with E-state index in [9.17, 15) is 0 Å². The fraction of sp³-hybridized carbons (Fsp3) is 0. The first kappa shape index (κ1) is 35.9. The van der Waals surface area contributed by atoms with E-state index in [-0.39, 0.29) is 0 Å². The molecule has 0 fully saturated rings. The molecular formula is C57H38N4. The maximum atomic E-state index is 5.35. The minimum atomic E-state index is 0.699. The first-order chi connectivity index (χ1) is 30.2. The second-order valence-corrected chi connectivity index (χ2v) is 15.2. The molecule has 0 bridgehead atoms. The molecule has 2 heterocycles. The molecule has 4 nitrogen and oxygen atoms in total. The van der Waals surface area contributed by atoms with Gasteiger partial charge in [0, 0.05) is 55.5 Å². The van der Waals surface area contributed by atoms with E-state index in [2.05, 4.69) is 211 Å². The van der Waals surface area contributed by atoms with Crippen LogP contribution in [0.15, 0.2) is 231 Å². The SMILES string of the molecule is c1ccc(-c2ccc(N(c3ccccc3)c3ccc(-c4nc5ccccc5c5c4ccc4ccc(-c6cc(-c7ccccc7)nc(-c7ccccc7)n6)cc45)cc3)cc2)cc1. The van der Waals surface area contributed by atoms with E-state index >= 15 is 0 Å². The van der Waals surface area contributed by atoms with Gasteiger partial charge in [0.1, 0.15) is 0 Å². The van der Waals surface area contributed by atoms with Gasteiger partial charge in [-0.15, -0.1) is 0 Å². The molecule has 61 heavy (non-hydrogen) atoms. The summed E-state index contributed by atoms with van der Waals surface area (Å²) < 4.78 is 0.